The predicted octanol–water partition coefficient (Wildman–Crippen LogP) is 8.15. The van der Waals surface area contributed by atoms with Crippen LogP contribution in [0.15, 0.2) is 115 Å². The summed E-state index contributed by atoms with van der Waals surface area (Å²) in [7, 11) is 0. The van der Waals surface area contributed by atoms with Crippen molar-refractivity contribution in [3.63, 3.8) is 0 Å². The Kier molecular flexibility index (Phi) is 7.97. The van der Waals surface area contributed by atoms with Gasteiger partial charge >= 0.3 is 5.97 Å². The number of amides is 1. The lowest BCUT2D eigenvalue weighted by atomic mass is 9.98. The molecule has 5 aromatic carbocycles. The third-order valence-corrected chi connectivity index (χ3v) is 7.18. The topological polar surface area (TPSA) is 57.6 Å². The molecule has 0 aliphatic heterocycles. The monoisotopic (exact) mass is 553 g/mol. The molecule has 0 spiro atoms. The van der Waals surface area contributed by atoms with Gasteiger partial charge in [-0.15, -0.1) is 0 Å². The van der Waals surface area contributed by atoms with Crippen LogP contribution in [0.25, 0.3) is 21.9 Å². The number of nitrogens with zero attached hydrogens (tertiary/aromatic N) is 1. The highest BCUT2D eigenvalue weighted by molar-refractivity contribution is 6.35. The van der Waals surface area contributed by atoms with Crippen molar-refractivity contribution < 1.29 is 14.7 Å². The third kappa shape index (κ3) is 6.14. The van der Waals surface area contributed by atoms with Gasteiger partial charge in [-0.25, -0.2) is 4.79 Å². The minimum atomic E-state index is -1.13. The molecule has 0 aliphatic rings. The summed E-state index contributed by atoms with van der Waals surface area (Å²) in [5, 5.41) is 13.0. The lowest BCUT2D eigenvalue weighted by molar-refractivity contribution is -0.142. The zero-order chi connectivity index (χ0) is 27.4. The maximum atomic E-state index is 13.9. The van der Waals surface area contributed by atoms with Gasteiger partial charge in [-0.2, -0.15) is 0 Å². The van der Waals surface area contributed by atoms with E-state index in [0.717, 1.165) is 33.0 Å². The van der Waals surface area contributed by atoms with E-state index in [2.05, 4.69) is 0 Å². The molecule has 0 saturated carbocycles. The number of carbonyl (C=O) groups excluding carboxylic acids is 1. The van der Waals surface area contributed by atoms with E-state index in [1.807, 2.05) is 97.1 Å². The van der Waals surface area contributed by atoms with Gasteiger partial charge in [0.15, 0.2) is 0 Å². The Bertz CT molecular complexity index is 1610. The lowest BCUT2D eigenvalue weighted by Gasteiger charge is -2.30. The van der Waals surface area contributed by atoms with Gasteiger partial charge in [0, 0.05) is 28.6 Å². The summed E-state index contributed by atoms with van der Waals surface area (Å²) >= 11 is 12.4. The molecule has 0 aliphatic carbocycles. The van der Waals surface area contributed by atoms with Gasteiger partial charge in [-0.05, 0) is 51.2 Å². The van der Waals surface area contributed by atoms with Crippen LogP contribution < -0.4 is 0 Å². The van der Waals surface area contributed by atoms with Gasteiger partial charge in [-0.1, -0.05) is 120 Å². The Morgan fingerprint density at radius 2 is 1.33 bits per heavy atom. The number of benzene rings is 5. The van der Waals surface area contributed by atoms with Crippen LogP contribution in [0.5, 0.6) is 0 Å². The van der Waals surface area contributed by atoms with Crippen LogP contribution in [0.2, 0.25) is 10.0 Å². The zero-order valence-corrected chi connectivity index (χ0v) is 22.4. The normalized spacial score (nSPS) is 11.7. The van der Waals surface area contributed by atoms with E-state index >= 15 is 0 Å². The molecule has 1 N–H and O–H groups in total. The van der Waals surface area contributed by atoms with Crippen molar-refractivity contribution in [3.8, 4) is 11.1 Å². The molecule has 0 radical (unpaired) electrons. The summed E-state index contributed by atoms with van der Waals surface area (Å²) in [4.78, 5) is 28.0. The van der Waals surface area contributed by atoms with Crippen molar-refractivity contribution in [2.45, 2.75) is 19.0 Å². The molecule has 5 rings (SSSR count). The van der Waals surface area contributed by atoms with Gasteiger partial charge in [0.2, 0.25) is 0 Å². The third-order valence-electron chi connectivity index (χ3n) is 6.74. The highest BCUT2D eigenvalue weighted by atomic mass is 35.5. The van der Waals surface area contributed by atoms with Gasteiger partial charge in [0.25, 0.3) is 5.91 Å². The molecule has 0 heterocycles. The Morgan fingerprint density at radius 3 is 2.03 bits per heavy atom. The molecule has 4 nitrogen and oxygen atoms in total. The van der Waals surface area contributed by atoms with Crippen LogP contribution in [0.4, 0.5) is 0 Å². The van der Waals surface area contributed by atoms with Crippen LogP contribution >= 0.6 is 23.2 Å². The number of fused-ring (bicyclic) bond motifs is 1. The number of carbonyl (C=O) groups is 2. The summed E-state index contributed by atoms with van der Waals surface area (Å²) in [6.45, 7) is 0.101. The van der Waals surface area contributed by atoms with Crippen LogP contribution in [0, 0.1) is 0 Å². The van der Waals surface area contributed by atoms with Crippen LogP contribution in [-0.4, -0.2) is 27.9 Å². The smallest absolute Gasteiger partial charge is 0.326 e. The maximum Gasteiger partial charge on any atom is 0.326 e. The fraction of sp³-hybridized carbons (Fsp3) is 0.0909. The molecule has 0 unspecified atom stereocenters. The molecule has 0 fully saturated rings. The summed E-state index contributed by atoms with van der Waals surface area (Å²) in [6, 6.07) is 34.8. The summed E-state index contributed by atoms with van der Waals surface area (Å²) in [6.07, 6.45) is 0.134. The first kappa shape index (κ1) is 26.5. The average Bonchev–Trinajstić information content (AvgIpc) is 2.95. The van der Waals surface area contributed by atoms with Crippen LogP contribution in [-0.2, 0) is 17.8 Å². The number of rotatable bonds is 8. The highest BCUT2D eigenvalue weighted by Gasteiger charge is 2.31. The van der Waals surface area contributed by atoms with Gasteiger partial charge in [-0.3, -0.25) is 4.79 Å². The number of carboxylic acids is 1. The first-order valence-corrected chi connectivity index (χ1v) is 13.3. The second kappa shape index (κ2) is 11.7. The predicted molar refractivity (Wildman–Crippen MR) is 157 cm³/mol. The van der Waals surface area contributed by atoms with Gasteiger partial charge < -0.3 is 10.0 Å². The molecule has 1 atom stereocenters. The van der Waals surface area contributed by atoms with E-state index in [1.54, 1.807) is 0 Å². The number of aliphatic carboxylic acids is 1. The van der Waals surface area contributed by atoms with E-state index in [-0.39, 0.29) is 18.5 Å². The van der Waals surface area contributed by atoms with E-state index in [1.165, 1.54) is 23.1 Å². The highest BCUT2D eigenvalue weighted by Crippen LogP contribution is 2.26. The molecular formula is C33H25Cl2NO3. The molecule has 0 aromatic heterocycles. The molecule has 0 saturated heterocycles. The quantitative estimate of drug-likeness (QED) is 0.211. The Morgan fingerprint density at radius 1 is 0.718 bits per heavy atom. The van der Waals surface area contributed by atoms with E-state index in [9.17, 15) is 14.7 Å². The SMILES string of the molecule is O=C(O)[C@@H](Cc1ccc(-c2ccccc2)cc1)N(Cc1cccc2ccccc12)C(=O)c1cc(Cl)cc(Cl)c1. The second-order valence-electron chi connectivity index (χ2n) is 9.35. The van der Waals surface area contributed by atoms with Crippen molar-refractivity contribution in [1.82, 2.24) is 4.90 Å². The fourth-order valence-corrected chi connectivity index (χ4v) is 5.32. The number of hydrogen-bond donors (Lipinski definition) is 1. The van der Waals surface area contributed by atoms with E-state index in [0.29, 0.717) is 10.0 Å². The zero-order valence-electron chi connectivity index (χ0n) is 20.9. The second-order valence-corrected chi connectivity index (χ2v) is 10.2. The van der Waals surface area contributed by atoms with Crippen molar-refractivity contribution >= 4 is 45.9 Å². The number of hydrogen-bond acceptors (Lipinski definition) is 2. The van der Waals surface area contributed by atoms with Crippen LogP contribution in [0.3, 0.4) is 0 Å². The first-order valence-electron chi connectivity index (χ1n) is 12.5. The molecule has 6 heteroatoms. The van der Waals surface area contributed by atoms with Crippen molar-refractivity contribution in [3.05, 3.63) is 142 Å². The fourth-order valence-electron chi connectivity index (χ4n) is 4.80. The minimum absolute atomic E-state index is 0.101. The summed E-state index contributed by atoms with van der Waals surface area (Å²) in [5.41, 5.74) is 3.99. The van der Waals surface area contributed by atoms with Gasteiger partial charge in [0.05, 0.1) is 0 Å². The van der Waals surface area contributed by atoms with Gasteiger partial charge in [0.1, 0.15) is 6.04 Å². The van der Waals surface area contributed by atoms with Crippen molar-refractivity contribution in [1.29, 1.82) is 0 Å². The Labute approximate surface area is 237 Å². The van der Waals surface area contributed by atoms with E-state index < -0.39 is 17.9 Å². The largest absolute Gasteiger partial charge is 0.480 e. The van der Waals surface area contributed by atoms with Crippen molar-refractivity contribution in [2.75, 3.05) is 0 Å². The summed E-state index contributed by atoms with van der Waals surface area (Å²) < 4.78 is 0. The molecule has 194 valence electrons. The standard InChI is InChI=1S/C33H25Cl2NO3/c34-28-18-27(19-29(35)20-28)32(37)36(21-26-11-6-10-25-9-4-5-12-30(25)26)31(33(38)39)17-22-13-15-24(16-14-22)23-7-2-1-3-8-23/h1-16,18-20,31H,17,21H2,(H,38,39)/t31-/m1/s1. The number of halogens is 2. The molecule has 0 bridgehead atoms. The van der Waals surface area contributed by atoms with E-state index in [4.69, 9.17) is 23.2 Å². The first-order chi connectivity index (χ1) is 18.9. The molecule has 5 aromatic rings. The van der Waals surface area contributed by atoms with Crippen LogP contribution in [0.1, 0.15) is 21.5 Å². The summed E-state index contributed by atoms with van der Waals surface area (Å²) in [5.74, 6) is -1.55. The molecule has 1 amide bonds. The maximum absolute atomic E-state index is 13.9. The lowest BCUT2D eigenvalue weighted by Crippen LogP contribution is -2.46. The number of carboxylic acid groups (broad SMARTS) is 1. The molecule has 39 heavy (non-hydrogen) atoms. The Balaban J connectivity index is 1.52. The average molecular weight is 554 g/mol. The van der Waals surface area contributed by atoms with Crippen molar-refractivity contribution in [2.24, 2.45) is 0 Å². The minimum Gasteiger partial charge on any atom is -0.480 e. The Hall–Kier alpha value is -4.12. The molecular weight excluding hydrogens is 529 g/mol.